The largest absolute Gasteiger partial charge is 0.313 e. The van der Waals surface area contributed by atoms with Gasteiger partial charge in [0, 0.05) is 17.8 Å². The van der Waals surface area contributed by atoms with E-state index in [-0.39, 0.29) is 0 Å². The van der Waals surface area contributed by atoms with Crippen molar-refractivity contribution in [1.29, 1.82) is 0 Å². The number of nitrogens with zero attached hydrogens (tertiary/aromatic N) is 4. The van der Waals surface area contributed by atoms with Crippen molar-refractivity contribution in [1.82, 2.24) is 19.6 Å². The molecule has 6 heteroatoms. The normalized spacial score (nSPS) is 12.4. The number of carbonyl (C=O) groups excluding carboxylic acids is 1. The Bertz CT molecular complexity index is 1120. The smallest absolute Gasteiger partial charge is 0.212 e. The Morgan fingerprint density at radius 2 is 2.00 bits per heavy atom. The molecule has 3 rings (SSSR count). The minimum absolute atomic E-state index is 0.695. The molecule has 2 heterocycles. The van der Waals surface area contributed by atoms with Gasteiger partial charge in [0.25, 0.3) is 0 Å². The van der Waals surface area contributed by atoms with Crippen LogP contribution in [0.15, 0.2) is 42.6 Å². The minimum atomic E-state index is 0.695. The number of nitrogens with one attached hydrogen (secondary N) is 1. The predicted octanol–water partition coefficient (Wildman–Crippen LogP) is 2.81. The third-order valence-electron chi connectivity index (χ3n) is 4.86. The Morgan fingerprint density at radius 1 is 1.24 bits per heavy atom. The van der Waals surface area contributed by atoms with Crippen molar-refractivity contribution >= 4 is 30.5 Å². The Morgan fingerprint density at radius 3 is 2.59 bits per heavy atom. The molecule has 0 aliphatic rings. The molecule has 0 unspecified atom stereocenters. The Kier molecular flexibility index (Phi) is 6.44. The van der Waals surface area contributed by atoms with Gasteiger partial charge in [-0.05, 0) is 36.6 Å². The van der Waals surface area contributed by atoms with E-state index in [1.54, 1.807) is 9.36 Å². The van der Waals surface area contributed by atoms with Crippen molar-refractivity contribution in [2.45, 2.75) is 33.1 Å². The molecular formula is C23H27N5O. The zero-order valence-electron chi connectivity index (χ0n) is 17.2. The highest BCUT2D eigenvalue weighted by atomic mass is 16.1. The number of rotatable bonds is 8. The number of aryl methyl sites for hydroxylation is 1. The lowest BCUT2D eigenvalue weighted by atomic mass is 10.0. The summed E-state index contributed by atoms with van der Waals surface area (Å²) in [5.41, 5.74) is 3.75. The number of allylic oxidation sites excluding steroid dienone is 2. The average Bonchev–Trinajstić information content (AvgIpc) is 3.26. The van der Waals surface area contributed by atoms with E-state index in [0.29, 0.717) is 12.2 Å². The molecule has 0 saturated heterocycles. The molecule has 2 aromatic heterocycles. The summed E-state index contributed by atoms with van der Waals surface area (Å²) in [5, 5.41) is 13.9. The van der Waals surface area contributed by atoms with Crippen molar-refractivity contribution in [2.75, 3.05) is 5.32 Å². The summed E-state index contributed by atoms with van der Waals surface area (Å²) < 4.78 is 3.55. The Labute approximate surface area is 170 Å². The summed E-state index contributed by atoms with van der Waals surface area (Å²) >= 11 is 0. The van der Waals surface area contributed by atoms with Gasteiger partial charge >= 0.3 is 0 Å². The van der Waals surface area contributed by atoms with Crippen LogP contribution in [0.25, 0.3) is 23.9 Å². The topological polar surface area (TPSA) is 64.7 Å². The second-order valence-corrected chi connectivity index (χ2v) is 6.80. The van der Waals surface area contributed by atoms with Crippen LogP contribution in [-0.2, 0) is 18.3 Å². The summed E-state index contributed by atoms with van der Waals surface area (Å²) in [6.07, 6.45) is 9.47. The number of anilines is 1. The van der Waals surface area contributed by atoms with Gasteiger partial charge in [0.2, 0.25) is 6.41 Å². The van der Waals surface area contributed by atoms with Gasteiger partial charge in [-0.3, -0.25) is 9.48 Å². The van der Waals surface area contributed by atoms with Crippen molar-refractivity contribution in [3.8, 4) is 5.69 Å². The van der Waals surface area contributed by atoms with Gasteiger partial charge in [-0.15, -0.1) is 0 Å². The number of unbranched alkanes of at least 4 members (excludes halogenated alkanes) is 1. The van der Waals surface area contributed by atoms with Gasteiger partial charge in [0.1, 0.15) is 5.82 Å². The molecule has 0 saturated carbocycles. The highest BCUT2D eigenvalue weighted by Crippen LogP contribution is 2.30. The first-order chi connectivity index (χ1) is 14.1. The fourth-order valence-corrected chi connectivity index (χ4v) is 3.27. The average molecular weight is 390 g/mol. The van der Waals surface area contributed by atoms with Gasteiger partial charge in [-0.25, -0.2) is 4.68 Å². The van der Waals surface area contributed by atoms with Gasteiger partial charge in [0.15, 0.2) is 0 Å². The molecule has 0 aliphatic carbocycles. The first-order valence-corrected chi connectivity index (χ1v) is 9.87. The molecule has 1 N–H and O–H groups in total. The standard InChI is InChI=1S/C23H27N5O/c1-5-7-11-18(14-19-15-25-27(4)17(19)3)22-21(6-2)23(24-16-29)28(26-22)20-12-9-8-10-13-20/h8-16H,3,5-7H2,1-2,4H3,(H,24,29)/b18-11+,19-14-. The van der Waals surface area contributed by atoms with E-state index in [0.717, 1.165) is 52.3 Å². The molecule has 0 spiro atoms. The molecule has 0 atom stereocenters. The third-order valence-corrected chi connectivity index (χ3v) is 4.86. The van der Waals surface area contributed by atoms with Crippen LogP contribution in [-0.4, -0.2) is 26.0 Å². The van der Waals surface area contributed by atoms with Gasteiger partial charge in [-0.2, -0.15) is 10.2 Å². The first-order valence-electron chi connectivity index (χ1n) is 9.87. The van der Waals surface area contributed by atoms with Crippen LogP contribution in [0.1, 0.15) is 37.9 Å². The van der Waals surface area contributed by atoms with Crippen molar-refractivity contribution in [3.63, 3.8) is 0 Å². The van der Waals surface area contributed by atoms with E-state index in [1.165, 1.54) is 0 Å². The minimum Gasteiger partial charge on any atom is -0.313 e. The number of carbonyl (C=O) groups is 1. The quantitative estimate of drug-likeness (QED) is 0.603. The van der Waals surface area contributed by atoms with E-state index in [1.807, 2.05) is 43.6 Å². The van der Waals surface area contributed by atoms with Gasteiger partial charge in [-0.1, -0.05) is 51.1 Å². The summed E-state index contributed by atoms with van der Waals surface area (Å²) in [5.74, 6) is 0.695. The number of hydrogen-bond acceptors (Lipinski definition) is 3. The van der Waals surface area contributed by atoms with E-state index in [2.05, 4.69) is 43.0 Å². The second-order valence-electron chi connectivity index (χ2n) is 6.80. The maximum absolute atomic E-state index is 11.3. The van der Waals surface area contributed by atoms with Crippen LogP contribution in [0.3, 0.4) is 0 Å². The number of benzene rings is 1. The molecule has 1 aromatic carbocycles. The molecule has 150 valence electrons. The molecule has 1 amide bonds. The van der Waals surface area contributed by atoms with Crippen molar-refractivity contribution in [3.05, 3.63) is 64.4 Å². The number of amides is 1. The lowest BCUT2D eigenvalue weighted by Crippen LogP contribution is -2.25. The number of para-hydroxylation sites is 1. The van der Waals surface area contributed by atoms with E-state index < -0.39 is 0 Å². The maximum atomic E-state index is 11.3. The van der Waals surface area contributed by atoms with E-state index in [9.17, 15) is 4.79 Å². The zero-order valence-corrected chi connectivity index (χ0v) is 17.2. The third kappa shape index (κ3) is 4.21. The first kappa shape index (κ1) is 20.3. The van der Waals surface area contributed by atoms with Crippen LogP contribution >= 0.6 is 0 Å². The van der Waals surface area contributed by atoms with Crippen LogP contribution in [0.5, 0.6) is 0 Å². The predicted molar refractivity (Wildman–Crippen MR) is 118 cm³/mol. The molecule has 0 aliphatic heterocycles. The van der Waals surface area contributed by atoms with E-state index >= 15 is 0 Å². The van der Waals surface area contributed by atoms with Crippen LogP contribution in [0.2, 0.25) is 0 Å². The molecular weight excluding hydrogens is 362 g/mol. The molecule has 0 radical (unpaired) electrons. The van der Waals surface area contributed by atoms with Crippen molar-refractivity contribution in [2.24, 2.45) is 7.05 Å². The highest BCUT2D eigenvalue weighted by Gasteiger charge is 2.19. The highest BCUT2D eigenvalue weighted by molar-refractivity contribution is 5.90. The molecule has 3 aromatic rings. The van der Waals surface area contributed by atoms with Crippen LogP contribution in [0.4, 0.5) is 5.82 Å². The van der Waals surface area contributed by atoms with Gasteiger partial charge < -0.3 is 5.32 Å². The van der Waals surface area contributed by atoms with E-state index in [4.69, 9.17) is 5.10 Å². The molecule has 0 bridgehead atoms. The number of aromatic nitrogens is 4. The second kappa shape index (κ2) is 9.19. The fourth-order valence-electron chi connectivity index (χ4n) is 3.27. The fraction of sp³-hybridized carbons (Fsp3) is 0.261. The maximum Gasteiger partial charge on any atom is 0.212 e. The Balaban J connectivity index is 2.25. The monoisotopic (exact) mass is 389 g/mol. The number of hydrogen-bond donors (Lipinski definition) is 1. The lowest BCUT2D eigenvalue weighted by Gasteiger charge is -2.07. The summed E-state index contributed by atoms with van der Waals surface area (Å²) in [4.78, 5) is 11.3. The SMILES string of the molecule is C=c1/c(=C\C(=C/CCC)c2nn(-c3ccccc3)c(NC=O)c2CC)cnn1C. The summed E-state index contributed by atoms with van der Waals surface area (Å²) in [6.45, 7) is 8.32. The Hall–Kier alpha value is -3.41. The lowest BCUT2D eigenvalue weighted by molar-refractivity contribution is -0.105. The molecule has 0 fully saturated rings. The molecule has 29 heavy (non-hydrogen) atoms. The van der Waals surface area contributed by atoms with Gasteiger partial charge in [0.05, 0.1) is 22.9 Å². The van der Waals surface area contributed by atoms with Crippen LogP contribution in [0, 0.1) is 0 Å². The van der Waals surface area contributed by atoms with Crippen molar-refractivity contribution < 1.29 is 4.79 Å². The van der Waals surface area contributed by atoms with Crippen LogP contribution < -0.4 is 15.9 Å². The zero-order chi connectivity index (χ0) is 20.8. The molecule has 6 nitrogen and oxygen atoms in total. The summed E-state index contributed by atoms with van der Waals surface area (Å²) in [6, 6.07) is 9.82. The summed E-state index contributed by atoms with van der Waals surface area (Å²) in [7, 11) is 1.88.